The fraction of sp³-hybridized carbons (Fsp3) is 0.316. The van der Waals surface area contributed by atoms with Crippen LogP contribution in [0.2, 0.25) is 0 Å². The Morgan fingerprint density at radius 1 is 0.964 bits per heavy atom. The second-order valence-electron chi connectivity index (χ2n) is 6.46. The molecule has 0 saturated heterocycles. The number of aromatic hydroxyl groups is 4. The number of benzene rings is 2. The van der Waals surface area contributed by atoms with Crippen LogP contribution in [0.3, 0.4) is 0 Å². The highest BCUT2D eigenvalue weighted by Gasteiger charge is 2.64. The SMILES string of the molecule is CCCCOC1(c2ccc(O)c(O)c2)Oc2cc(O)c(O)cc2C(=O)C1(O)O. The predicted octanol–water partition coefficient (Wildman–Crippen LogP) is 1.43. The molecule has 28 heavy (non-hydrogen) atoms. The number of phenols is 4. The van der Waals surface area contributed by atoms with Gasteiger partial charge in [0.25, 0.3) is 5.79 Å². The maximum Gasteiger partial charge on any atom is 0.301 e. The molecule has 1 aliphatic rings. The van der Waals surface area contributed by atoms with E-state index in [0.717, 1.165) is 24.3 Å². The quantitative estimate of drug-likeness (QED) is 0.252. The minimum atomic E-state index is -3.25. The molecule has 0 bridgehead atoms. The zero-order valence-corrected chi connectivity index (χ0v) is 14.9. The van der Waals surface area contributed by atoms with E-state index in [2.05, 4.69) is 0 Å². The van der Waals surface area contributed by atoms with Crippen LogP contribution >= 0.6 is 0 Å². The predicted molar refractivity (Wildman–Crippen MR) is 94.2 cm³/mol. The minimum absolute atomic E-state index is 0.0340. The Bertz CT molecular complexity index is 922. The van der Waals surface area contributed by atoms with Gasteiger partial charge in [-0.2, -0.15) is 0 Å². The number of Topliss-reactive ketones (excluding diaryl/α,β-unsaturated/α-hetero) is 1. The van der Waals surface area contributed by atoms with E-state index in [9.17, 15) is 35.4 Å². The van der Waals surface area contributed by atoms with Crippen LogP contribution in [-0.2, 0) is 10.5 Å². The lowest BCUT2D eigenvalue weighted by Crippen LogP contribution is -2.64. The molecule has 0 radical (unpaired) electrons. The molecule has 2 aromatic rings. The van der Waals surface area contributed by atoms with E-state index >= 15 is 0 Å². The first-order valence-electron chi connectivity index (χ1n) is 8.55. The fourth-order valence-corrected chi connectivity index (χ4v) is 2.94. The highest BCUT2D eigenvalue weighted by Crippen LogP contribution is 2.49. The monoisotopic (exact) mass is 392 g/mol. The van der Waals surface area contributed by atoms with Gasteiger partial charge in [0.2, 0.25) is 5.78 Å². The van der Waals surface area contributed by atoms with Crippen LogP contribution in [0.5, 0.6) is 28.7 Å². The summed E-state index contributed by atoms with van der Waals surface area (Å²) < 4.78 is 11.3. The van der Waals surface area contributed by atoms with E-state index < -0.39 is 40.4 Å². The lowest BCUT2D eigenvalue weighted by atomic mass is 9.86. The Kier molecular flexibility index (Phi) is 4.84. The van der Waals surface area contributed by atoms with E-state index in [1.807, 2.05) is 6.92 Å². The van der Waals surface area contributed by atoms with Crippen LogP contribution in [0, 0.1) is 0 Å². The van der Waals surface area contributed by atoms with Crippen molar-refractivity contribution in [3.63, 3.8) is 0 Å². The zero-order valence-electron chi connectivity index (χ0n) is 14.9. The van der Waals surface area contributed by atoms with Gasteiger partial charge in [-0.05, 0) is 30.7 Å². The summed E-state index contributed by atoms with van der Waals surface area (Å²) in [5, 5.41) is 60.3. The fourth-order valence-electron chi connectivity index (χ4n) is 2.94. The van der Waals surface area contributed by atoms with Crippen molar-refractivity contribution in [3.8, 4) is 28.7 Å². The van der Waals surface area contributed by atoms with Crippen molar-refractivity contribution >= 4 is 5.78 Å². The molecule has 3 rings (SSSR count). The first-order chi connectivity index (χ1) is 13.1. The summed E-state index contributed by atoms with van der Waals surface area (Å²) in [6, 6.07) is 5.03. The normalized spacial score (nSPS) is 20.5. The van der Waals surface area contributed by atoms with Gasteiger partial charge in [-0.15, -0.1) is 0 Å². The van der Waals surface area contributed by atoms with Crippen molar-refractivity contribution in [2.75, 3.05) is 6.61 Å². The van der Waals surface area contributed by atoms with Crippen molar-refractivity contribution in [1.29, 1.82) is 0 Å². The number of fused-ring (bicyclic) bond motifs is 1. The molecule has 0 aliphatic carbocycles. The molecule has 1 atom stereocenters. The molecule has 6 N–H and O–H groups in total. The molecular weight excluding hydrogens is 372 g/mol. The number of carbonyl (C=O) groups is 1. The summed E-state index contributed by atoms with van der Waals surface area (Å²) >= 11 is 0. The summed E-state index contributed by atoms with van der Waals surface area (Å²) in [7, 11) is 0. The summed E-state index contributed by atoms with van der Waals surface area (Å²) in [5.74, 6) is -9.56. The summed E-state index contributed by atoms with van der Waals surface area (Å²) in [6.07, 6.45) is 1.19. The summed E-state index contributed by atoms with van der Waals surface area (Å²) in [5.41, 5.74) is -0.534. The Hall–Kier alpha value is -3.01. The van der Waals surface area contributed by atoms with Gasteiger partial charge in [-0.25, -0.2) is 0 Å². The third-order valence-corrected chi connectivity index (χ3v) is 4.51. The van der Waals surface area contributed by atoms with Gasteiger partial charge in [-0.3, -0.25) is 4.79 Å². The number of hydrogen-bond donors (Lipinski definition) is 6. The van der Waals surface area contributed by atoms with Crippen molar-refractivity contribution in [2.24, 2.45) is 0 Å². The van der Waals surface area contributed by atoms with Crippen LogP contribution in [0.15, 0.2) is 30.3 Å². The Morgan fingerprint density at radius 3 is 2.25 bits per heavy atom. The van der Waals surface area contributed by atoms with E-state index in [1.165, 1.54) is 6.07 Å². The number of ketones is 1. The maximum absolute atomic E-state index is 12.8. The highest BCUT2D eigenvalue weighted by molar-refractivity contribution is 6.05. The van der Waals surface area contributed by atoms with Gasteiger partial charge in [0.05, 0.1) is 12.2 Å². The second kappa shape index (κ2) is 6.86. The molecule has 0 spiro atoms. The number of rotatable bonds is 5. The molecule has 9 nitrogen and oxygen atoms in total. The maximum atomic E-state index is 12.8. The lowest BCUT2D eigenvalue weighted by molar-refractivity contribution is -0.346. The molecule has 1 unspecified atom stereocenters. The average Bonchev–Trinajstić information content (AvgIpc) is 2.64. The molecule has 0 fully saturated rings. The Morgan fingerprint density at radius 2 is 1.61 bits per heavy atom. The van der Waals surface area contributed by atoms with E-state index in [1.54, 1.807) is 0 Å². The van der Waals surface area contributed by atoms with E-state index in [0.29, 0.717) is 12.8 Å². The molecule has 9 heteroatoms. The average molecular weight is 392 g/mol. The van der Waals surface area contributed by atoms with Crippen LogP contribution in [0.4, 0.5) is 0 Å². The number of unbranched alkanes of at least 4 members (excludes halogenated alkanes) is 1. The van der Waals surface area contributed by atoms with Crippen molar-refractivity contribution < 1.29 is 44.9 Å². The molecule has 2 aromatic carbocycles. The number of phenolic OH excluding ortho intramolecular Hbond substituents is 4. The van der Waals surface area contributed by atoms with E-state index in [4.69, 9.17) is 9.47 Å². The Balaban J connectivity index is 2.23. The standard InChI is InChI=1S/C19H20O9/c1-2-3-6-27-19(10-4-5-12(20)13(21)7-10)18(25,26)17(24)11-8-14(22)15(23)9-16(11)28-19/h4-5,7-9,20-23,25-26H,2-3,6H2,1H3. The number of ether oxygens (including phenoxy) is 2. The highest BCUT2D eigenvalue weighted by atomic mass is 16.7. The zero-order chi connectivity index (χ0) is 20.7. The van der Waals surface area contributed by atoms with Gasteiger partial charge in [0.1, 0.15) is 5.75 Å². The number of hydrogen-bond acceptors (Lipinski definition) is 9. The third-order valence-electron chi connectivity index (χ3n) is 4.51. The minimum Gasteiger partial charge on any atom is -0.504 e. The van der Waals surface area contributed by atoms with Crippen LogP contribution in [0.1, 0.15) is 35.7 Å². The van der Waals surface area contributed by atoms with Crippen LogP contribution < -0.4 is 4.74 Å². The van der Waals surface area contributed by atoms with Crippen molar-refractivity contribution in [2.45, 2.75) is 31.3 Å². The molecule has 150 valence electrons. The van der Waals surface area contributed by atoms with Gasteiger partial charge in [-0.1, -0.05) is 13.3 Å². The largest absolute Gasteiger partial charge is 0.504 e. The smallest absolute Gasteiger partial charge is 0.301 e. The number of carbonyl (C=O) groups excluding carboxylic acids is 1. The molecule has 0 saturated carbocycles. The van der Waals surface area contributed by atoms with Crippen molar-refractivity contribution in [3.05, 3.63) is 41.5 Å². The Labute approximate surface area is 159 Å². The molecule has 1 aliphatic heterocycles. The molecule has 0 aromatic heterocycles. The third kappa shape index (κ3) is 2.89. The van der Waals surface area contributed by atoms with Gasteiger partial charge in [0, 0.05) is 11.6 Å². The van der Waals surface area contributed by atoms with Crippen LogP contribution in [-0.4, -0.2) is 48.8 Å². The van der Waals surface area contributed by atoms with Crippen molar-refractivity contribution in [1.82, 2.24) is 0 Å². The lowest BCUT2D eigenvalue weighted by Gasteiger charge is -2.45. The molecule has 1 heterocycles. The van der Waals surface area contributed by atoms with Gasteiger partial charge in [0.15, 0.2) is 23.0 Å². The molecular formula is C19H20O9. The first kappa shape index (κ1) is 19.7. The second-order valence-corrected chi connectivity index (χ2v) is 6.46. The number of aliphatic hydroxyl groups is 2. The summed E-state index contributed by atoms with van der Waals surface area (Å²) in [4.78, 5) is 12.8. The van der Waals surface area contributed by atoms with Gasteiger partial charge >= 0.3 is 5.79 Å². The van der Waals surface area contributed by atoms with E-state index in [-0.39, 0.29) is 23.5 Å². The van der Waals surface area contributed by atoms with Gasteiger partial charge < -0.3 is 40.1 Å². The summed E-state index contributed by atoms with van der Waals surface area (Å²) in [6.45, 7) is 1.84. The first-order valence-corrected chi connectivity index (χ1v) is 8.55. The topological polar surface area (TPSA) is 157 Å². The van der Waals surface area contributed by atoms with Crippen LogP contribution in [0.25, 0.3) is 0 Å². The molecule has 0 amide bonds.